The van der Waals surface area contributed by atoms with E-state index in [1.807, 2.05) is 0 Å². The molecule has 0 nitrogen and oxygen atoms in total. The molecule has 0 heterocycles. The molecule has 1 unspecified atom stereocenters. The minimum atomic E-state index is 0.270. The molecular formula is C13H20. The Kier molecular flexibility index (Phi) is 3.53. The molecule has 1 aliphatic carbocycles. The monoisotopic (exact) mass is 176 g/mol. The molecule has 0 heteroatoms. The first-order valence-corrected chi connectivity index (χ1v) is 5.28. The molecule has 0 saturated carbocycles. The minimum Gasteiger partial charge on any atom is -0.0748 e. The van der Waals surface area contributed by atoms with Gasteiger partial charge in [0.15, 0.2) is 0 Å². The first kappa shape index (κ1) is 10.3. The zero-order valence-corrected chi connectivity index (χ0v) is 9.01. The van der Waals surface area contributed by atoms with Crippen LogP contribution in [0.25, 0.3) is 0 Å². The van der Waals surface area contributed by atoms with E-state index in [0.29, 0.717) is 0 Å². The van der Waals surface area contributed by atoms with Gasteiger partial charge >= 0.3 is 0 Å². The summed E-state index contributed by atoms with van der Waals surface area (Å²) in [4.78, 5) is 0. The van der Waals surface area contributed by atoms with E-state index < -0.39 is 0 Å². The summed E-state index contributed by atoms with van der Waals surface area (Å²) in [5.74, 6) is 0. The normalized spacial score (nSPS) is 27.2. The predicted octanol–water partition coefficient (Wildman–Crippen LogP) is 4.26. The van der Waals surface area contributed by atoms with E-state index in [9.17, 15) is 0 Å². The lowest BCUT2D eigenvalue weighted by atomic mass is 9.87. The Hall–Kier alpha value is -0.780. The van der Waals surface area contributed by atoms with Crippen LogP contribution >= 0.6 is 0 Å². The Bertz CT molecular complexity index is 243. The maximum Gasteiger partial charge on any atom is 0.00364 e. The molecule has 0 N–H and O–H groups in total. The van der Waals surface area contributed by atoms with E-state index in [1.165, 1.54) is 24.8 Å². The van der Waals surface area contributed by atoms with Crippen LogP contribution in [0, 0.1) is 5.41 Å². The van der Waals surface area contributed by atoms with Crippen LogP contribution in [0.5, 0.6) is 0 Å². The highest BCUT2D eigenvalue weighted by Gasteiger charge is 2.14. The van der Waals surface area contributed by atoms with Crippen LogP contribution in [-0.2, 0) is 0 Å². The van der Waals surface area contributed by atoms with E-state index in [0.717, 1.165) is 0 Å². The molecule has 1 aliphatic rings. The van der Waals surface area contributed by atoms with Crippen LogP contribution in [0.15, 0.2) is 36.0 Å². The lowest BCUT2D eigenvalue weighted by molar-refractivity contribution is 0.531. The van der Waals surface area contributed by atoms with Crippen molar-refractivity contribution < 1.29 is 0 Å². The number of allylic oxidation sites excluding steroid dienone is 6. The van der Waals surface area contributed by atoms with Gasteiger partial charge in [-0.3, -0.25) is 0 Å². The van der Waals surface area contributed by atoms with Gasteiger partial charge in [-0.25, -0.2) is 0 Å². The quantitative estimate of drug-likeness (QED) is 0.603. The second-order valence-corrected chi connectivity index (χ2v) is 4.04. The van der Waals surface area contributed by atoms with E-state index in [-0.39, 0.29) is 5.41 Å². The third-order valence-corrected chi connectivity index (χ3v) is 2.77. The number of hydrogen-bond donors (Lipinski definition) is 0. The molecule has 13 heavy (non-hydrogen) atoms. The molecule has 0 saturated heterocycles. The van der Waals surface area contributed by atoms with Crippen molar-refractivity contribution in [3.63, 3.8) is 0 Å². The van der Waals surface area contributed by atoms with Gasteiger partial charge in [0.05, 0.1) is 0 Å². The van der Waals surface area contributed by atoms with E-state index in [2.05, 4.69) is 51.2 Å². The molecule has 0 aliphatic heterocycles. The lowest BCUT2D eigenvalue weighted by Gasteiger charge is -2.18. The molecule has 0 radical (unpaired) electrons. The summed E-state index contributed by atoms with van der Waals surface area (Å²) in [7, 11) is 0. The fourth-order valence-electron chi connectivity index (χ4n) is 1.49. The van der Waals surface area contributed by atoms with Gasteiger partial charge < -0.3 is 0 Å². The minimum absolute atomic E-state index is 0.270. The topological polar surface area (TPSA) is 0 Å². The van der Waals surface area contributed by atoms with Crippen molar-refractivity contribution in [2.24, 2.45) is 5.41 Å². The smallest absolute Gasteiger partial charge is 0.00364 e. The molecule has 0 fully saturated rings. The molecular weight excluding hydrogens is 156 g/mol. The largest absolute Gasteiger partial charge is 0.0748 e. The van der Waals surface area contributed by atoms with Crippen LogP contribution in [0.2, 0.25) is 0 Å². The fourth-order valence-corrected chi connectivity index (χ4v) is 1.49. The van der Waals surface area contributed by atoms with Crippen LogP contribution in [-0.4, -0.2) is 0 Å². The van der Waals surface area contributed by atoms with Gasteiger partial charge in [-0.05, 0) is 18.4 Å². The predicted molar refractivity (Wildman–Crippen MR) is 59.7 cm³/mol. The zero-order chi connectivity index (χ0) is 9.73. The van der Waals surface area contributed by atoms with Gasteiger partial charge in [-0.1, -0.05) is 57.6 Å². The highest BCUT2D eigenvalue weighted by molar-refractivity contribution is 5.31. The molecule has 0 amide bonds. The highest BCUT2D eigenvalue weighted by Crippen LogP contribution is 2.28. The van der Waals surface area contributed by atoms with Crippen molar-refractivity contribution in [3.8, 4) is 0 Å². The van der Waals surface area contributed by atoms with E-state index in [1.54, 1.807) is 0 Å². The number of hydrogen-bond acceptors (Lipinski definition) is 0. The van der Waals surface area contributed by atoms with Gasteiger partial charge in [0.1, 0.15) is 0 Å². The van der Waals surface area contributed by atoms with Crippen molar-refractivity contribution in [1.29, 1.82) is 0 Å². The standard InChI is InChI=1S/C13H20/c1-4-7-12-8-6-10-13(3,5-2)11-9-12/h6,8-11H,4-5,7H2,1-3H3. The summed E-state index contributed by atoms with van der Waals surface area (Å²) in [6.07, 6.45) is 15.0. The molecule has 0 aromatic heterocycles. The summed E-state index contributed by atoms with van der Waals surface area (Å²) in [5.41, 5.74) is 1.72. The Morgan fingerprint density at radius 2 is 2.00 bits per heavy atom. The Balaban J connectivity index is 2.74. The molecule has 1 rings (SSSR count). The van der Waals surface area contributed by atoms with Crippen molar-refractivity contribution in [2.45, 2.75) is 40.0 Å². The van der Waals surface area contributed by atoms with E-state index >= 15 is 0 Å². The summed E-state index contributed by atoms with van der Waals surface area (Å²) in [5, 5.41) is 0. The first-order chi connectivity index (χ1) is 6.20. The molecule has 1 atom stereocenters. The van der Waals surface area contributed by atoms with Gasteiger partial charge in [-0.2, -0.15) is 0 Å². The Morgan fingerprint density at radius 3 is 2.62 bits per heavy atom. The second-order valence-electron chi connectivity index (χ2n) is 4.04. The maximum atomic E-state index is 2.33. The van der Waals surface area contributed by atoms with Crippen LogP contribution < -0.4 is 0 Å². The summed E-state index contributed by atoms with van der Waals surface area (Å²) in [6.45, 7) is 6.74. The summed E-state index contributed by atoms with van der Waals surface area (Å²) < 4.78 is 0. The van der Waals surface area contributed by atoms with Gasteiger partial charge in [0.2, 0.25) is 0 Å². The Labute approximate surface area is 82.0 Å². The fraction of sp³-hybridized carbons (Fsp3) is 0.538. The molecule has 0 aromatic rings. The summed E-state index contributed by atoms with van der Waals surface area (Å²) >= 11 is 0. The molecule has 72 valence electrons. The first-order valence-electron chi connectivity index (χ1n) is 5.28. The summed E-state index contributed by atoms with van der Waals surface area (Å²) in [6, 6.07) is 0. The van der Waals surface area contributed by atoms with Gasteiger partial charge in [-0.15, -0.1) is 0 Å². The average Bonchev–Trinajstić information content (AvgIpc) is 2.31. The highest BCUT2D eigenvalue weighted by atomic mass is 14.2. The third-order valence-electron chi connectivity index (χ3n) is 2.77. The van der Waals surface area contributed by atoms with Gasteiger partial charge in [0.25, 0.3) is 0 Å². The third kappa shape index (κ3) is 2.87. The zero-order valence-electron chi connectivity index (χ0n) is 9.01. The maximum absolute atomic E-state index is 2.33. The van der Waals surface area contributed by atoms with Crippen LogP contribution in [0.3, 0.4) is 0 Å². The Morgan fingerprint density at radius 1 is 1.23 bits per heavy atom. The van der Waals surface area contributed by atoms with Crippen LogP contribution in [0.4, 0.5) is 0 Å². The SMILES string of the molecule is CCCC1=CC=CC(C)(CC)C=C1. The van der Waals surface area contributed by atoms with Crippen molar-refractivity contribution in [1.82, 2.24) is 0 Å². The van der Waals surface area contributed by atoms with Gasteiger partial charge in [0, 0.05) is 5.41 Å². The lowest BCUT2D eigenvalue weighted by Crippen LogP contribution is -2.06. The van der Waals surface area contributed by atoms with Crippen LogP contribution in [0.1, 0.15) is 40.0 Å². The molecule has 0 aromatic carbocycles. The van der Waals surface area contributed by atoms with Crippen molar-refractivity contribution in [3.05, 3.63) is 36.0 Å². The average molecular weight is 176 g/mol. The number of rotatable bonds is 3. The molecule has 0 bridgehead atoms. The second kappa shape index (κ2) is 4.45. The van der Waals surface area contributed by atoms with Crippen molar-refractivity contribution in [2.75, 3.05) is 0 Å². The van der Waals surface area contributed by atoms with E-state index in [4.69, 9.17) is 0 Å². The van der Waals surface area contributed by atoms with Crippen molar-refractivity contribution >= 4 is 0 Å². The molecule has 0 spiro atoms.